The third kappa shape index (κ3) is 3.44. The molecule has 0 aromatic carbocycles. The maximum Gasteiger partial charge on any atom is 0.222 e. The third-order valence-electron chi connectivity index (χ3n) is 5.23. The number of carbonyl (C=O) groups is 1. The summed E-state index contributed by atoms with van der Waals surface area (Å²) in [5.74, 6) is 1.30. The van der Waals surface area contributed by atoms with E-state index in [1.807, 2.05) is 17.0 Å². The number of carbonyl (C=O) groups excluding carboxylic acids is 1. The Morgan fingerprint density at radius 3 is 2.92 bits per heavy atom. The van der Waals surface area contributed by atoms with E-state index >= 15 is 0 Å². The number of hydrogen-bond acceptors (Lipinski definition) is 6. The summed E-state index contributed by atoms with van der Waals surface area (Å²) < 4.78 is 1.72. The summed E-state index contributed by atoms with van der Waals surface area (Å²) in [5.41, 5.74) is 0.770. The van der Waals surface area contributed by atoms with Gasteiger partial charge in [0.15, 0.2) is 5.65 Å². The second-order valence-corrected chi connectivity index (χ2v) is 7.01. The standard InChI is InChI=1S/C17H25N7O/c1-14-12-21(7-3-9-22-8-2-4-17(22)25)10-11-23(14)16-6-5-15-19-18-13-24(15)20-16/h5-6,13-14H,2-4,7-12H2,1H3. The number of likely N-dealkylation sites (tertiary alicyclic amines) is 1. The molecule has 0 saturated carbocycles. The first kappa shape index (κ1) is 16.3. The lowest BCUT2D eigenvalue weighted by Crippen LogP contribution is -2.52. The Labute approximate surface area is 147 Å². The van der Waals surface area contributed by atoms with E-state index in [0.717, 1.165) is 70.0 Å². The minimum Gasteiger partial charge on any atom is -0.350 e. The molecule has 2 aromatic rings. The number of piperazine rings is 1. The number of fused-ring (bicyclic) bond motifs is 1. The summed E-state index contributed by atoms with van der Waals surface area (Å²) in [4.78, 5) is 18.5. The van der Waals surface area contributed by atoms with Crippen LogP contribution in [0, 0.1) is 0 Å². The number of nitrogens with zero attached hydrogens (tertiary/aromatic N) is 7. The van der Waals surface area contributed by atoms with Gasteiger partial charge in [0.05, 0.1) is 0 Å². The SMILES string of the molecule is CC1CN(CCCN2CCCC2=O)CCN1c1ccc2nncn2n1. The molecule has 4 rings (SSSR count). The van der Waals surface area contributed by atoms with Crippen molar-refractivity contribution in [1.29, 1.82) is 0 Å². The Morgan fingerprint density at radius 1 is 1.20 bits per heavy atom. The van der Waals surface area contributed by atoms with Crippen LogP contribution in [-0.2, 0) is 4.79 Å². The van der Waals surface area contributed by atoms with Crippen LogP contribution in [0.5, 0.6) is 0 Å². The predicted molar refractivity (Wildman–Crippen MR) is 94.5 cm³/mol. The van der Waals surface area contributed by atoms with Crippen LogP contribution in [0.15, 0.2) is 18.5 Å². The van der Waals surface area contributed by atoms with Crippen LogP contribution < -0.4 is 4.90 Å². The van der Waals surface area contributed by atoms with Crippen LogP contribution in [0.4, 0.5) is 5.82 Å². The first-order chi connectivity index (χ1) is 12.2. The highest BCUT2D eigenvalue weighted by molar-refractivity contribution is 5.77. The molecule has 1 unspecified atom stereocenters. The van der Waals surface area contributed by atoms with Crippen LogP contribution in [-0.4, -0.2) is 80.8 Å². The molecule has 8 nitrogen and oxygen atoms in total. The van der Waals surface area contributed by atoms with Crippen molar-refractivity contribution in [2.45, 2.75) is 32.2 Å². The van der Waals surface area contributed by atoms with Crippen molar-refractivity contribution in [1.82, 2.24) is 29.6 Å². The highest BCUT2D eigenvalue weighted by Crippen LogP contribution is 2.19. The van der Waals surface area contributed by atoms with Crippen molar-refractivity contribution in [2.24, 2.45) is 0 Å². The number of rotatable bonds is 5. The van der Waals surface area contributed by atoms with E-state index < -0.39 is 0 Å². The van der Waals surface area contributed by atoms with E-state index in [1.54, 1.807) is 10.8 Å². The largest absolute Gasteiger partial charge is 0.350 e. The summed E-state index contributed by atoms with van der Waals surface area (Å²) in [6.45, 7) is 8.16. The zero-order valence-corrected chi connectivity index (χ0v) is 14.7. The van der Waals surface area contributed by atoms with E-state index in [0.29, 0.717) is 11.9 Å². The van der Waals surface area contributed by atoms with Gasteiger partial charge in [0, 0.05) is 45.2 Å². The molecule has 0 aliphatic carbocycles. The number of anilines is 1. The molecule has 1 atom stereocenters. The Balaban J connectivity index is 1.30. The quantitative estimate of drug-likeness (QED) is 0.794. The molecular weight excluding hydrogens is 318 g/mol. The van der Waals surface area contributed by atoms with Gasteiger partial charge >= 0.3 is 0 Å². The lowest BCUT2D eigenvalue weighted by Gasteiger charge is -2.40. The van der Waals surface area contributed by atoms with Gasteiger partial charge in [0.25, 0.3) is 0 Å². The van der Waals surface area contributed by atoms with Gasteiger partial charge in [0.1, 0.15) is 12.1 Å². The molecular formula is C17H25N7O. The first-order valence-corrected chi connectivity index (χ1v) is 9.14. The van der Waals surface area contributed by atoms with Gasteiger partial charge in [-0.2, -0.15) is 4.52 Å². The molecule has 25 heavy (non-hydrogen) atoms. The molecule has 2 fully saturated rings. The normalized spacial score (nSPS) is 22.3. The van der Waals surface area contributed by atoms with Gasteiger partial charge in [-0.1, -0.05) is 0 Å². The molecule has 134 valence electrons. The third-order valence-corrected chi connectivity index (χ3v) is 5.23. The highest BCUT2D eigenvalue weighted by Gasteiger charge is 2.25. The van der Waals surface area contributed by atoms with Crippen molar-refractivity contribution in [2.75, 3.05) is 44.2 Å². The second-order valence-electron chi connectivity index (χ2n) is 7.01. The summed E-state index contributed by atoms with van der Waals surface area (Å²) in [6.07, 6.45) is 4.46. The van der Waals surface area contributed by atoms with Gasteiger partial charge in [-0.3, -0.25) is 9.69 Å². The minimum absolute atomic E-state index is 0.327. The molecule has 0 N–H and O–H groups in total. The fourth-order valence-electron chi connectivity index (χ4n) is 3.87. The molecule has 2 aliphatic rings. The second kappa shape index (κ2) is 6.95. The van der Waals surface area contributed by atoms with E-state index in [1.165, 1.54) is 0 Å². The van der Waals surface area contributed by atoms with Crippen molar-refractivity contribution >= 4 is 17.4 Å². The zero-order chi connectivity index (χ0) is 17.2. The van der Waals surface area contributed by atoms with E-state index in [2.05, 4.69) is 32.0 Å². The topological polar surface area (TPSA) is 69.9 Å². The van der Waals surface area contributed by atoms with Crippen LogP contribution in [0.25, 0.3) is 5.65 Å². The zero-order valence-electron chi connectivity index (χ0n) is 14.7. The van der Waals surface area contributed by atoms with E-state index in [9.17, 15) is 4.79 Å². The smallest absolute Gasteiger partial charge is 0.222 e. The monoisotopic (exact) mass is 343 g/mol. The van der Waals surface area contributed by atoms with Crippen LogP contribution in [0.1, 0.15) is 26.2 Å². The Bertz CT molecular complexity index is 745. The lowest BCUT2D eigenvalue weighted by atomic mass is 10.2. The summed E-state index contributed by atoms with van der Waals surface area (Å²) in [7, 11) is 0. The fourth-order valence-corrected chi connectivity index (χ4v) is 3.87. The lowest BCUT2D eigenvalue weighted by molar-refractivity contribution is -0.127. The molecule has 2 aromatic heterocycles. The van der Waals surface area contributed by atoms with Crippen molar-refractivity contribution < 1.29 is 4.79 Å². The van der Waals surface area contributed by atoms with Gasteiger partial charge < -0.3 is 9.80 Å². The van der Waals surface area contributed by atoms with Gasteiger partial charge in [-0.05, 0) is 38.4 Å². The summed E-state index contributed by atoms with van der Waals surface area (Å²) in [5, 5.41) is 12.5. The maximum atomic E-state index is 11.7. The average Bonchev–Trinajstić information content (AvgIpc) is 3.23. The highest BCUT2D eigenvalue weighted by atomic mass is 16.2. The molecule has 1 amide bonds. The minimum atomic E-state index is 0.327. The van der Waals surface area contributed by atoms with E-state index in [4.69, 9.17) is 0 Å². The van der Waals surface area contributed by atoms with Crippen molar-refractivity contribution in [3.8, 4) is 0 Å². The molecule has 2 saturated heterocycles. The van der Waals surface area contributed by atoms with Crippen LogP contribution in [0.2, 0.25) is 0 Å². The molecule has 0 radical (unpaired) electrons. The van der Waals surface area contributed by atoms with Gasteiger partial charge in [-0.25, -0.2) is 0 Å². The Kier molecular flexibility index (Phi) is 4.52. The van der Waals surface area contributed by atoms with Crippen molar-refractivity contribution in [3.05, 3.63) is 18.5 Å². The van der Waals surface area contributed by atoms with Crippen molar-refractivity contribution in [3.63, 3.8) is 0 Å². The van der Waals surface area contributed by atoms with Gasteiger partial charge in [-0.15, -0.1) is 15.3 Å². The first-order valence-electron chi connectivity index (χ1n) is 9.14. The molecule has 4 heterocycles. The molecule has 2 aliphatic heterocycles. The predicted octanol–water partition coefficient (Wildman–Crippen LogP) is 0.647. The Morgan fingerprint density at radius 2 is 2.12 bits per heavy atom. The van der Waals surface area contributed by atoms with Gasteiger partial charge in [0.2, 0.25) is 5.91 Å². The molecule has 0 bridgehead atoms. The Hall–Kier alpha value is -2.22. The maximum absolute atomic E-state index is 11.7. The summed E-state index contributed by atoms with van der Waals surface area (Å²) >= 11 is 0. The molecule has 8 heteroatoms. The number of hydrogen-bond donors (Lipinski definition) is 0. The van der Waals surface area contributed by atoms with Crippen LogP contribution >= 0.6 is 0 Å². The number of aromatic nitrogens is 4. The van der Waals surface area contributed by atoms with Crippen LogP contribution in [0.3, 0.4) is 0 Å². The molecule has 0 spiro atoms. The fraction of sp³-hybridized carbons (Fsp3) is 0.647. The number of amides is 1. The summed E-state index contributed by atoms with van der Waals surface area (Å²) in [6, 6.07) is 4.39. The average molecular weight is 343 g/mol. The van der Waals surface area contributed by atoms with E-state index in [-0.39, 0.29) is 0 Å².